The van der Waals surface area contributed by atoms with E-state index in [9.17, 15) is 23.3 Å². The minimum atomic E-state index is -4.11. The molecule has 0 bridgehead atoms. The average Bonchev–Trinajstić information content (AvgIpc) is 2.74. The largest absolute Gasteiger partial charge is 0.322 e. The van der Waals surface area contributed by atoms with Crippen LogP contribution in [0.15, 0.2) is 76.7 Å². The van der Waals surface area contributed by atoms with Crippen molar-refractivity contribution in [1.82, 2.24) is 4.83 Å². The van der Waals surface area contributed by atoms with E-state index < -0.39 is 20.9 Å². The fourth-order valence-corrected chi connectivity index (χ4v) is 3.75. The quantitative estimate of drug-likeness (QED) is 0.303. The first kappa shape index (κ1) is 22.9. The zero-order valence-electron chi connectivity index (χ0n) is 16.7. The predicted octanol–water partition coefficient (Wildman–Crippen LogP) is 4.12. The van der Waals surface area contributed by atoms with Gasteiger partial charge < -0.3 is 5.32 Å². The molecule has 3 rings (SSSR count). The lowest BCUT2D eigenvalue weighted by Gasteiger charge is -2.07. The molecule has 0 fully saturated rings. The second-order valence-corrected chi connectivity index (χ2v) is 8.69. The molecule has 1 amide bonds. The van der Waals surface area contributed by atoms with Crippen LogP contribution in [0.5, 0.6) is 0 Å². The van der Waals surface area contributed by atoms with Crippen LogP contribution in [0.1, 0.15) is 21.5 Å². The first-order valence-electron chi connectivity index (χ1n) is 9.13. The summed E-state index contributed by atoms with van der Waals surface area (Å²) in [7, 11) is -4.11. The maximum atomic E-state index is 12.4. The minimum Gasteiger partial charge on any atom is -0.322 e. The lowest BCUT2D eigenvalue weighted by molar-refractivity contribution is -0.385. The fourth-order valence-electron chi connectivity index (χ4n) is 2.72. The number of aryl methyl sites for hydroxylation is 1. The van der Waals surface area contributed by atoms with E-state index in [1.54, 1.807) is 48.5 Å². The van der Waals surface area contributed by atoms with Crippen molar-refractivity contribution in [1.29, 1.82) is 0 Å². The number of nitro groups is 1. The van der Waals surface area contributed by atoms with E-state index in [2.05, 4.69) is 10.4 Å². The van der Waals surface area contributed by atoms with Gasteiger partial charge in [0.1, 0.15) is 0 Å². The third kappa shape index (κ3) is 5.48. The number of sulfonamides is 1. The number of carbonyl (C=O) groups excluding carboxylic acids is 1. The van der Waals surface area contributed by atoms with E-state index in [1.807, 2.05) is 4.83 Å². The summed E-state index contributed by atoms with van der Waals surface area (Å²) >= 11 is 6.03. The SMILES string of the molecule is Cc1ccc(S(=O)(=O)N/N=C/c2cccc(NC(=O)c3ccccc3Cl)c2)cc1[N+](=O)[O-]. The standard InChI is InChI=1S/C21H17ClN4O5S/c1-14-9-10-17(12-20(14)26(28)29)32(30,31)25-23-13-15-5-4-6-16(11-15)24-21(27)18-7-2-3-8-19(18)22/h2-13,25H,1H3,(H,24,27)/b23-13+. The summed E-state index contributed by atoms with van der Waals surface area (Å²) in [4.78, 5) is 24.5. The number of nitrogens with one attached hydrogen (secondary N) is 2. The molecule has 3 aromatic carbocycles. The van der Waals surface area contributed by atoms with Gasteiger partial charge in [-0.05, 0) is 42.8 Å². The van der Waals surface area contributed by atoms with E-state index in [0.717, 1.165) is 6.07 Å². The Hall–Kier alpha value is -3.76. The summed E-state index contributed by atoms with van der Waals surface area (Å²) in [5.74, 6) is -0.397. The highest BCUT2D eigenvalue weighted by atomic mass is 35.5. The highest BCUT2D eigenvalue weighted by Crippen LogP contribution is 2.22. The van der Waals surface area contributed by atoms with Crippen molar-refractivity contribution in [2.75, 3.05) is 5.32 Å². The number of hydrazone groups is 1. The van der Waals surface area contributed by atoms with E-state index in [1.165, 1.54) is 25.3 Å². The van der Waals surface area contributed by atoms with Gasteiger partial charge in [0.05, 0.1) is 26.6 Å². The topological polar surface area (TPSA) is 131 Å². The van der Waals surface area contributed by atoms with E-state index in [4.69, 9.17) is 11.6 Å². The molecule has 0 aromatic heterocycles. The molecule has 0 unspecified atom stereocenters. The van der Waals surface area contributed by atoms with Gasteiger partial charge in [0.25, 0.3) is 21.6 Å². The zero-order valence-corrected chi connectivity index (χ0v) is 18.2. The smallest absolute Gasteiger partial charge is 0.276 e. The van der Waals surface area contributed by atoms with Crippen molar-refractivity contribution in [3.8, 4) is 0 Å². The Bertz CT molecular complexity index is 1330. The number of halogens is 1. The molecule has 0 aliphatic rings. The van der Waals surface area contributed by atoms with E-state index >= 15 is 0 Å². The molecule has 0 saturated heterocycles. The van der Waals surface area contributed by atoms with Crippen LogP contribution in [0.4, 0.5) is 11.4 Å². The van der Waals surface area contributed by atoms with E-state index in [0.29, 0.717) is 27.4 Å². The van der Waals surface area contributed by atoms with Crippen molar-refractivity contribution in [2.45, 2.75) is 11.8 Å². The number of amides is 1. The van der Waals surface area contributed by atoms with Crippen LogP contribution in [0, 0.1) is 17.0 Å². The summed E-state index contributed by atoms with van der Waals surface area (Å²) < 4.78 is 24.8. The first-order chi connectivity index (χ1) is 15.2. The molecule has 0 aliphatic carbocycles. The minimum absolute atomic E-state index is 0.285. The lowest BCUT2D eigenvalue weighted by atomic mass is 10.2. The molecular formula is C21H17ClN4O5S. The lowest BCUT2D eigenvalue weighted by Crippen LogP contribution is -2.18. The molecule has 0 aliphatic heterocycles. The molecule has 0 atom stereocenters. The Morgan fingerprint density at radius 1 is 1.09 bits per heavy atom. The molecule has 0 radical (unpaired) electrons. The third-order valence-corrected chi connectivity index (χ3v) is 5.89. The van der Waals surface area contributed by atoms with Gasteiger partial charge in [0.2, 0.25) is 0 Å². The highest BCUT2D eigenvalue weighted by molar-refractivity contribution is 7.89. The van der Waals surface area contributed by atoms with Gasteiger partial charge >= 0.3 is 0 Å². The number of benzene rings is 3. The van der Waals surface area contributed by atoms with Crippen molar-refractivity contribution < 1.29 is 18.1 Å². The molecule has 9 nitrogen and oxygen atoms in total. The van der Waals surface area contributed by atoms with Crippen LogP contribution in [-0.2, 0) is 10.0 Å². The monoisotopic (exact) mass is 472 g/mol. The zero-order chi connectivity index (χ0) is 23.3. The van der Waals surface area contributed by atoms with Gasteiger partial charge in [0.15, 0.2) is 0 Å². The molecule has 0 spiro atoms. The highest BCUT2D eigenvalue weighted by Gasteiger charge is 2.19. The van der Waals surface area contributed by atoms with Gasteiger partial charge in [-0.3, -0.25) is 14.9 Å². The molecule has 2 N–H and O–H groups in total. The van der Waals surface area contributed by atoms with Crippen LogP contribution in [-0.4, -0.2) is 25.5 Å². The van der Waals surface area contributed by atoms with Gasteiger partial charge in [0, 0.05) is 17.3 Å². The first-order valence-corrected chi connectivity index (χ1v) is 11.0. The Balaban J connectivity index is 1.72. The Labute approximate surface area is 188 Å². The van der Waals surface area contributed by atoms with Crippen LogP contribution >= 0.6 is 11.6 Å². The summed E-state index contributed by atoms with van der Waals surface area (Å²) in [6, 6.07) is 16.7. The fraction of sp³-hybridized carbons (Fsp3) is 0.0476. The normalized spacial score (nSPS) is 11.3. The number of hydrogen-bond donors (Lipinski definition) is 2. The summed E-state index contributed by atoms with van der Waals surface area (Å²) in [6.07, 6.45) is 1.24. The Morgan fingerprint density at radius 3 is 2.56 bits per heavy atom. The van der Waals surface area contributed by atoms with Crippen LogP contribution < -0.4 is 10.1 Å². The number of carbonyl (C=O) groups is 1. The van der Waals surface area contributed by atoms with Crippen LogP contribution in [0.3, 0.4) is 0 Å². The maximum Gasteiger partial charge on any atom is 0.276 e. The molecule has 3 aromatic rings. The number of hydrogen-bond acceptors (Lipinski definition) is 6. The summed E-state index contributed by atoms with van der Waals surface area (Å²) in [5, 5.41) is 17.8. The second kappa shape index (κ2) is 9.58. The van der Waals surface area contributed by atoms with Crippen molar-refractivity contribution in [3.05, 3.63) is 98.6 Å². The Morgan fingerprint density at radius 2 is 1.84 bits per heavy atom. The van der Waals surface area contributed by atoms with Crippen LogP contribution in [0.25, 0.3) is 0 Å². The van der Waals surface area contributed by atoms with E-state index in [-0.39, 0.29) is 10.6 Å². The van der Waals surface area contributed by atoms with Crippen molar-refractivity contribution in [2.24, 2.45) is 5.10 Å². The second-order valence-electron chi connectivity index (χ2n) is 6.62. The maximum absolute atomic E-state index is 12.4. The third-order valence-electron chi connectivity index (χ3n) is 4.34. The van der Waals surface area contributed by atoms with Crippen molar-refractivity contribution >= 4 is 45.1 Å². The average molecular weight is 473 g/mol. The predicted molar refractivity (Wildman–Crippen MR) is 122 cm³/mol. The molecule has 164 valence electrons. The number of anilines is 1. The van der Waals surface area contributed by atoms with Gasteiger partial charge in [-0.15, -0.1) is 0 Å². The molecule has 0 saturated carbocycles. The molecule has 0 heterocycles. The molecular weight excluding hydrogens is 456 g/mol. The number of nitro benzene ring substituents is 1. The number of rotatable bonds is 7. The molecule has 11 heteroatoms. The van der Waals surface area contributed by atoms with Crippen LogP contribution in [0.2, 0.25) is 5.02 Å². The van der Waals surface area contributed by atoms with Gasteiger partial charge in [-0.2, -0.15) is 13.5 Å². The summed E-state index contributed by atoms with van der Waals surface area (Å²) in [6.45, 7) is 1.51. The Kier molecular flexibility index (Phi) is 6.86. The number of nitrogens with zero attached hydrogens (tertiary/aromatic N) is 2. The van der Waals surface area contributed by atoms with Gasteiger partial charge in [-0.1, -0.05) is 41.9 Å². The van der Waals surface area contributed by atoms with Crippen molar-refractivity contribution in [3.63, 3.8) is 0 Å². The summed E-state index contributed by atoms with van der Waals surface area (Å²) in [5.41, 5.74) is 1.30. The molecule has 32 heavy (non-hydrogen) atoms. The van der Waals surface area contributed by atoms with Gasteiger partial charge in [-0.25, -0.2) is 4.83 Å².